The molecule has 7 heteroatoms. The number of hydrogen-bond acceptors (Lipinski definition) is 3. The van der Waals surface area contributed by atoms with E-state index < -0.39 is 0 Å². The Morgan fingerprint density at radius 2 is 1.85 bits per heavy atom. The second-order valence-electron chi connectivity index (χ2n) is 8.29. The highest BCUT2D eigenvalue weighted by molar-refractivity contribution is 14.0. The maximum Gasteiger partial charge on any atom is 0.243 e. The number of nitrogens with one attached hydrogen (secondary N) is 2. The van der Waals surface area contributed by atoms with Gasteiger partial charge in [-0.1, -0.05) is 26.7 Å². The molecular weight excluding hydrogens is 443 g/mol. The summed E-state index contributed by atoms with van der Waals surface area (Å²) in [7, 11) is 3.52. The summed E-state index contributed by atoms with van der Waals surface area (Å²) in [5.74, 6) is 1.49. The number of nitrogens with zero attached hydrogens (tertiary/aromatic N) is 2. The number of carbonyl (C=O) groups is 1. The lowest BCUT2D eigenvalue weighted by Crippen LogP contribution is -2.46. The van der Waals surface area contributed by atoms with Gasteiger partial charge in [-0.2, -0.15) is 0 Å². The SMILES string of the molecule is CN(C)C(=O)CN=C(NCC1CCCO1)NCC(C)(C)C1CCCC1.I. The number of likely N-dealkylation sites (N-methyl/N-ethyl adjacent to an activating group) is 1. The van der Waals surface area contributed by atoms with Gasteiger partial charge in [0.2, 0.25) is 5.91 Å². The topological polar surface area (TPSA) is 66.0 Å². The van der Waals surface area contributed by atoms with Crippen molar-refractivity contribution in [2.75, 3.05) is 40.3 Å². The van der Waals surface area contributed by atoms with E-state index in [1.807, 2.05) is 0 Å². The zero-order valence-corrected chi connectivity index (χ0v) is 19.2. The van der Waals surface area contributed by atoms with Gasteiger partial charge in [0.15, 0.2) is 5.96 Å². The highest BCUT2D eigenvalue weighted by atomic mass is 127. The molecule has 1 saturated heterocycles. The third-order valence-electron chi connectivity index (χ3n) is 5.56. The van der Waals surface area contributed by atoms with Crippen LogP contribution in [0.2, 0.25) is 0 Å². The summed E-state index contributed by atoms with van der Waals surface area (Å²) in [4.78, 5) is 17.9. The fraction of sp³-hybridized carbons (Fsp3) is 0.895. The zero-order valence-electron chi connectivity index (χ0n) is 16.8. The molecule has 2 N–H and O–H groups in total. The van der Waals surface area contributed by atoms with Crippen LogP contribution in [0.25, 0.3) is 0 Å². The number of rotatable bonds is 7. The molecule has 0 aromatic heterocycles. The highest BCUT2D eigenvalue weighted by Gasteiger charge is 2.31. The fourth-order valence-electron chi connectivity index (χ4n) is 3.64. The molecular formula is C19H37IN4O2. The number of halogens is 1. The molecule has 6 nitrogen and oxygen atoms in total. The van der Waals surface area contributed by atoms with E-state index in [-0.39, 0.29) is 47.9 Å². The highest BCUT2D eigenvalue weighted by Crippen LogP contribution is 2.38. The van der Waals surface area contributed by atoms with Crippen molar-refractivity contribution in [1.29, 1.82) is 0 Å². The van der Waals surface area contributed by atoms with Gasteiger partial charge in [-0.3, -0.25) is 4.79 Å². The summed E-state index contributed by atoms with van der Waals surface area (Å²) >= 11 is 0. The van der Waals surface area contributed by atoms with Crippen molar-refractivity contribution in [3.63, 3.8) is 0 Å². The molecule has 1 saturated carbocycles. The Kier molecular flexibility index (Phi) is 10.2. The van der Waals surface area contributed by atoms with Gasteiger partial charge in [-0.05, 0) is 37.0 Å². The van der Waals surface area contributed by atoms with Crippen molar-refractivity contribution in [3.05, 3.63) is 0 Å². The van der Waals surface area contributed by atoms with E-state index in [1.54, 1.807) is 19.0 Å². The monoisotopic (exact) mass is 480 g/mol. The minimum absolute atomic E-state index is 0. The van der Waals surface area contributed by atoms with Gasteiger partial charge in [0.1, 0.15) is 6.54 Å². The Hall–Kier alpha value is -0.570. The molecule has 0 bridgehead atoms. The summed E-state index contributed by atoms with van der Waals surface area (Å²) in [6, 6.07) is 0. The van der Waals surface area contributed by atoms with Crippen LogP contribution in [-0.4, -0.2) is 63.2 Å². The number of amides is 1. The molecule has 152 valence electrons. The van der Waals surface area contributed by atoms with Crippen molar-refractivity contribution in [2.45, 2.75) is 58.5 Å². The molecule has 0 radical (unpaired) electrons. The van der Waals surface area contributed by atoms with Crippen molar-refractivity contribution in [3.8, 4) is 0 Å². The molecule has 1 heterocycles. The quantitative estimate of drug-likeness (QED) is 0.334. The number of guanidine groups is 1. The van der Waals surface area contributed by atoms with Crippen molar-refractivity contribution < 1.29 is 9.53 Å². The molecule has 1 unspecified atom stereocenters. The summed E-state index contributed by atoms with van der Waals surface area (Å²) in [6.07, 6.45) is 7.81. The normalized spacial score (nSPS) is 21.4. The van der Waals surface area contributed by atoms with Crippen molar-refractivity contribution in [2.24, 2.45) is 16.3 Å². The molecule has 1 aliphatic carbocycles. The first-order valence-electron chi connectivity index (χ1n) is 9.72. The van der Waals surface area contributed by atoms with Crippen LogP contribution in [0.3, 0.4) is 0 Å². The van der Waals surface area contributed by atoms with Gasteiger partial charge in [-0.15, -0.1) is 24.0 Å². The van der Waals surface area contributed by atoms with E-state index in [9.17, 15) is 4.79 Å². The number of aliphatic imine (C=N–C) groups is 1. The third kappa shape index (κ3) is 7.58. The summed E-state index contributed by atoms with van der Waals surface area (Å²) < 4.78 is 5.67. The molecule has 2 rings (SSSR count). The molecule has 2 aliphatic rings. The van der Waals surface area contributed by atoms with Crippen molar-refractivity contribution >= 4 is 35.8 Å². The first kappa shape index (κ1) is 23.5. The Morgan fingerprint density at radius 1 is 1.15 bits per heavy atom. The minimum atomic E-state index is 0. The zero-order chi connectivity index (χ0) is 18.3. The van der Waals surface area contributed by atoms with E-state index >= 15 is 0 Å². The van der Waals surface area contributed by atoms with E-state index in [1.165, 1.54) is 25.7 Å². The van der Waals surface area contributed by atoms with Crippen molar-refractivity contribution in [1.82, 2.24) is 15.5 Å². The van der Waals surface area contributed by atoms with Crippen LogP contribution in [0.1, 0.15) is 52.4 Å². The largest absolute Gasteiger partial charge is 0.376 e. The molecule has 0 spiro atoms. The van der Waals surface area contributed by atoms with Gasteiger partial charge >= 0.3 is 0 Å². The van der Waals surface area contributed by atoms with Gasteiger partial charge in [-0.25, -0.2) is 4.99 Å². The molecule has 26 heavy (non-hydrogen) atoms. The smallest absolute Gasteiger partial charge is 0.243 e. The van der Waals surface area contributed by atoms with E-state index in [0.717, 1.165) is 44.4 Å². The molecule has 0 aromatic rings. The summed E-state index contributed by atoms with van der Waals surface area (Å²) in [6.45, 7) is 7.28. The first-order chi connectivity index (χ1) is 11.9. The van der Waals surface area contributed by atoms with Gasteiger partial charge in [0, 0.05) is 33.8 Å². The second kappa shape index (κ2) is 11.3. The predicted molar refractivity (Wildman–Crippen MR) is 117 cm³/mol. The standard InChI is InChI=1S/C19H36N4O2.HI/c1-19(2,15-8-5-6-9-15)14-22-18(21-13-17(24)23(3)4)20-12-16-10-7-11-25-16;/h15-16H,5-14H2,1-4H3,(H2,20,21,22);1H. The lowest BCUT2D eigenvalue weighted by atomic mass is 9.78. The predicted octanol–water partition coefficient (Wildman–Crippen LogP) is 2.62. The summed E-state index contributed by atoms with van der Waals surface area (Å²) in [5.41, 5.74) is 0.231. The Labute approximate surface area is 175 Å². The first-order valence-corrected chi connectivity index (χ1v) is 9.72. The molecule has 1 aliphatic heterocycles. The molecule has 1 amide bonds. The van der Waals surface area contributed by atoms with E-state index in [2.05, 4.69) is 29.5 Å². The van der Waals surface area contributed by atoms with Crippen LogP contribution in [0.5, 0.6) is 0 Å². The van der Waals surface area contributed by atoms with Crippen LogP contribution in [-0.2, 0) is 9.53 Å². The van der Waals surface area contributed by atoms with Crippen LogP contribution in [0.4, 0.5) is 0 Å². The maximum atomic E-state index is 11.9. The van der Waals surface area contributed by atoms with Crippen LogP contribution < -0.4 is 10.6 Å². The Morgan fingerprint density at radius 3 is 2.42 bits per heavy atom. The Balaban J connectivity index is 0.00000338. The summed E-state index contributed by atoms with van der Waals surface area (Å²) in [5, 5.41) is 6.83. The second-order valence-corrected chi connectivity index (χ2v) is 8.29. The lowest BCUT2D eigenvalue weighted by Gasteiger charge is -2.32. The number of carbonyl (C=O) groups excluding carboxylic acids is 1. The average Bonchev–Trinajstić information content (AvgIpc) is 3.27. The van der Waals surface area contributed by atoms with Gasteiger partial charge < -0.3 is 20.3 Å². The molecule has 1 atom stereocenters. The van der Waals surface area contributed by atoms with Gasteiger partial charge in [0.05, 0.1) is 6.10 Å². The third-order valence-corrected chi connectivity index (χ3v) is 5.56. The number of hydrogen-bond donors (Lipinski definition) is 2. The van der Waals surface area contributed by atoms with Gasteiger partial charge in [0.25, 0.3) is 0 Å². The minimum Gasteiger partial charge on any atom is -0.376 e. The maximum absolute atomic E-state index is 11.9. The van der Waals surface area contributed by atoms with E-state index in [4.69, 9.17) is 4.74 Å². The van der Waals surface area contributed by atoms with Crippen LogP contribution >= 0.6 is 24.0 Å². The van der Waals surface area contributed by atoms with Crippen LogP contribution in [0, 0.1) is 11.3 Å². The Bertz CT molecular complexity index is 456. The molecule has 0 aromatic carbocycles. The lowest BCUT2D eigenvalue weighted by molar-refractivity contribution is -0.127. The fourth-order valence-corrected chi connectivity index (χ4v) is 3.64. The molecule has 2 fully saturated rings. The number of ether oxygens (including phenoxy) is 1. The van der Waals surface area contributed by atoms with E-state index in [0.29, 0.717) is 0 Å². The average molecular weight is 480 g/mol. The van der Waals surface area contributed by atoms with Crippen LogP contribution in [0.15, 0.2) is 4.99 Å².